The number of benzene rings is 1. The van der Waals surface area contributed by atoms with Gasteiger partial charge in [-0.05, 0) is 60.1 Å². The van der Waals surface area contributed by atoms with E-state index in [1.54, 1.807) is 27.7 Å². The third-order valence-electron chi connectivity index (χ3n) is 10.0. The minimum atomic E-state index is -2.66. The lowest BCUT2D eigenvalue weighted by atomic mass is 9.43. The lowest BCUT2D eigenvalue weighted by Gasteiger charge is -2.60. The molecule has 9 heteroatoms. The summed E-state index contributed by atoms with van der Waals surface area (Å²) in [6.45, 7) is 18.1. The first-order valence-corrected chi connectivity index (χ1v) is 15.8. The zero-order valence-electron chi connectivity index (χ0n) is 28.2. The predicted octanol–water partition coefficient (Wildman–Crippen LogP) is 5.84. The Kier molecular flexibility index (Phi) is 8.49. The lowest BCUT2D eigenvalue weighted by molar-refractivity contribution is -0.178. The van der Waals surface area contributed by atoms with Crippen molar-refractivity contribution in [3.8, 4) is 5.75 Å². The Morgan fingerprint density at radius 2 is 1.67 bits per heavy atom. The van der Waals surface area contributed by atoms with E-state index >= 15 is 0 Å². The number of aromatic hydroxyl groups is 1. The molecule has 0 heterocycles. The fourth-order valence-electron chi connectivity index (χ4n) is 8.18. The molecule has 246 valence electrons. The molecule has 4 atom stereocenters. The summed E-state index contributed by atoms with van der Waals surface area (Å²) in [6, 6.07) is 1.83. The monoisotopic (exact) mass is 624 g/mol. The molecule has 1 fully saturated rings. The van der Waals surface area contributed by atoms with Crippen LogP contribution in [-0.4, -0.2) is 56.0 Å². The number of fused-ring (bicyclic) bond motifs is 3. The molecule has 4 N–H and O–H groups in total. The first-order valence-electron chi connectivity index (χ1n) is 15.8. The van der Waals surface area contributed by atoms with Crippen LogP contribution in [0.3, 0.4) is 0 Å². The van der Waals surface area contributed by atoms with Crippen LogP contribution in [0.5, 0.6) is 5.75 Å². The predicted molar refractivity (Wildman–Crippen MR) is 169 cm³/mol. The quantitative estimate of drug-likeness (QED) is 0.216. The van der Waals surface area contributed by atoms with Gasteiger partial charge in [0.05, 0.1) is 12.2 Å². The molecule has 4 rings (SSSR count). The molecule has 1 unspecified atom stereocenters. The summed E-state index contributed by atoms with van der Waals surface area (Å²) in [5.41, 5.74) is -4.34. The number of carbonyl (C=O) groups is 4. The average molecular weight is 625 g/mol. The Balaban J connectivity index is 1.92. The molecule has 45 heavy (non-hydrogen) atoms. The van der Waals surface area contributed by atoms with Gasteiger partial charge in [0, 0.05) is 28.7 Å². The Morgan fingerprint density at radius 3 is 2.18 bits per heavy atom. The number of carbonyl (C=O) groups excluding carboxylic acids is 4. The Bertz CT molecular complexity index is 1550. The highest BCUT2D eigenvalue weighted by Crippen LogP contribution is 2.65. The number of esters is 1. The van der Waals surface area contributed by atoms with Crippen molar-refractivity contribution in [2.75, 3.05) is 6.61 Å². The molecular weight excluding hydrogens is 576 g/mol. The number of aliphatic hydroxyl groups excluding tert-OH is 2. The molecule has 1 aromatic carbocycles. The number of phenolic OH excluding ortho intramolecular Hbond substituents is 1. The summed E-state index contributed by atoms with van der Waals surface area (Å²) >= 11 is 0. The molecule has 1 saturated carbocycles. The maximum Gasteiger partial charge on any atom is 0.306 e. The van der Waals surface area contributed by atoms with Crippen LogP contribution in [-0.2, 0) is 36.8 Å². The fourth-order valence-corrected chi connectivity index (χ4v) is 8.18. The van der Waals surface area contributed by atoms with Crippen molar-refractivity contribution in [2.24, 2.45) is 28.1 Å². The number of aryl methyl sites for hydroxylation is 1. The molecule has 0 aromatic heterocycles. The molecular formula is C36H48O9. The van der Waals surface area contributed by atoms with Crippen LogP contribution < -0.4 is 0 Å². The molecule has 0 bridgehead atoms. The topological polar surface area (TPSA) is 158 Å². The van der Waals surface area contributed by atoms with Crippen molar-refractivity contribution in [2.45, 2.75) is 106 Å². The van der Waals surface area contributed by atoms with Crippen LogP contribution in [0.4, 0.5) is 0 Å². The molecule has 9 nitrogen and oxygen atoms in total. The standard InChI is InChI=1S/C36H48O9/c1-17(2)21-13-20(11-12-23(38)45-16-33(6,7)8)28(39)25-22(21)14-34(9)15-35(10)26(18(3)4)29(40)24(19(5)37)31(42)36(35,44)32(43)27(34)30(25)41/h13,17-18,26,39,41-42,44H,11-12,14-16H2,1-10H3/t26?,34-,35-,36+/m1/s1. The number of aliphatic hydroxyl groups is 3. The van der Waals surface area contributed by atoms with E-state index in [9.17, 15) is 39.6 Å². The first kappa shape index (κ1) is 34.4. The Hall–Kier alpha value is -3.46. The van der Waals surface area contributed by atoms with Gasteiger partial charge in [0.15, 0.2) is 17.2 Å². The number of phenols is 1. The minimum absolute atomic E-state index is 0.0108. The van der Waals surface area contributed by atoms with E-state index in [1.165, 1.54) is 0 Å². The van der Waals surface area contributed by atoms with Crippen molar-refractivity contribution in [1.29, 1.82) is 0 Å². The van der Waals surface area contributed by atoms with Crippen molar-refractivity contribution >= 4 is 29.1 Å². The number of rotatable bonds is 7. The summed E-state index contributed by atoms with van der Waals surface area (Å²) in [7, 11) is 0. The Labute approximate surface area is 265 Å². The van der Waals surface area contributed by atoms with Gasteiger partial charge in [-0.2, -0.15) is 0 Å². The smallest absolute Gasteiger partial charge is 0.306 e. The summed E-state index contributed by atoms with van der Waals surface area (Å²) in [6.07, 6.45) is 0.353. The van der Waals surface area contributed by atoms with Crippen LogP contribution in [0.25, 0.3) is 5.76 Å². The number of ether oxygens (including phenoxy) is 1. The molecule has 0 aliphatic heterocycles. The molecule has 3 aliphatic carbocycles. The van der Waals surface area contributed by atoms with Crippen molar-refractivity contribution < 1.29 is 44.3 Å². The van der Waals surface area contributed by atoms with Gasteiger partial charge in [-0.25, -0.2) is 0 Å². The number of hydrogen-bond donors (Lipinski definition) is 4. The van der Waals surface area contributed by atoms with Crippen LogP contribution >= 0.6 is 0 Å². The second-order valence-corrected chi connectivity index (χ2v) is 15.7. The minimum Gasteiger partial charge on any atom is -0.508 e. The van der Waals surface area contributed by atoms with Gasteiger partial charge in [0.25, 0.3) is 0 Å². The van der Waals surface area contributed by atoms with Gasteiger partial charge >= 0.3 is 5.97 Å². The van der Waals surface area contributed by atoms with E-state index in [4.69, 9.17) is 4.74 Å². The van der Waals surface area contributed by atoms with E-state index in [2.05, 4.69) is 0 Å². The van der Waals surface area contributed by atoms with Crippen molar-refractivity contribution in [3.63, 3.8) is 0 Å². The second-order valence-electron chi connectivity index (χ2n) is 15.7. The first-order chi connectivity index (χ1) is 20.5. The van der Waals surface area contributed by atoms with Crippen LogP contribution in [0.15, 0.2) is 23.0 Å². The highest BCUT2D eigenvalue weighted by Gasteiger charge is 2.72. The fraction of sp³-hybridized carbons (Fsp3) is 0.611. The maximum atomic E-state index is 14.6. The number of allylic oxidation sites excluding steroid dienone is 1. The maximum absolute atomic E-state index is 14.6. The molecule has 1 aromatic rings. The van der Waals surface area contributed by atoms with Crippen LogP contribution in [0, 0.1) is 28.1 Å². The van der Waals surface area contributed by atoms with Gasteiger partial charge in [-0.3, -0.25) is 19.2 Å². The average Bonchev–Trinajstić information content (AvgIpc) is 2.88. The second kappa shape index (κ2) is 11.1. The molecule has 0 amide bonds. The molecule has 0 spiro atoms. The summed E-state index contributed by atoms with van der Waals surface area (Å²) in [5.74, 6) is -6.02. The highest BCUT2D eigenvalue weighted by atomic mass is 16.5. The summed E-state index contributed by atoms with van der Waals surface area (Å²) < 4.78 is 5.39. The number of Topliss-reactive ketones (excluding diaryl/α,β-unsaturated/α-hetero) is 3. The summed E-state index contributed by atoms with van der Waals surface area (Å²) in [5, 5.41) is 47.1. The van der Waals surface area contributed by atoms with Gasteiger partial charge in [-0.15, -0.1) is 0 Å². The van der Waals surface area contributed by atoms with E-state index in [-0.39, 0.29) is 60.5 Å². The van der Waals surface area contributed by atoms with Crippen LogP contribution in [0.1, 0.15) is 110 Å². The zero-order chi connectivity index (χ0) is 34.2. The highest BCUT2D eigenvalue weighted by molar-refractivity contribution is 6.24. The SMILES string of the molecule is CC(=O)C1=C(O)[C@]2(O)C(=O)C3=C(O)c4c(O)c(CCC(=O)OCC(C)(C)C)cc(C(C)C)c4C[C@]3(C)C[C@]2(C)C(C(C)C)C1=O. The van der Waals surface area contributed by atoms with Gasteiger partial charge < -0.3 is 25.2 Å². The Morgan fingerprint density at radius 1 is 1.07 bits per heavy atom. The molecule has 3 aliphatic rings. The van der Waals surface area contributed by atoms with Gasteiger partial charge in [0.1, 0.15) is 22.8 Å². The number of ketones is 3. The third-order valence-corrected chi connectivity index (χ3v) is 10.0. The van der Waals surface area contributed by atoms with Gasteiger partial charge in [-0.1, -0.05) is 68.4 Å². The van der Waals surface area contributed by atoms with Crippen molar-refractivity contribution in [3.05, 3.63) is 45.2 Å². The van der Waals surface area contributed by atoms with Crippen molar-refractivity contribution in [1.82, 2.24) is 0 Å². The number of hydrogen-bond acceptors (Lipinski definition) is 9. The van der Waals surface area contributed by atoms with E-state index in [0.717, 1.165) is 12.5 Å². The van der Waals surface area contributed by atoms with E-state index in [0.29, 0.717) is 11.1 Å². The lowest BCUT2D eigenvalue weighted by Crippen LogP contribution is -2.69. The largest absolute Gasteiger partial charge is 0.508 e. The normalized spacial score (nSPS) is 28.3. The molecule has 0 radical (unpaired) electrons. The zero-order valence-corrected chi connectivity index (χ0v) is 28.2. The van der Waals surface area contributed by atoms with Gasteiger partial charge in [0.2, 0.25) is 5.78 Å². The van der Waals surface area contributed by atoms with Crippen LogP contribution in [0.2, 0.25) is 0 Å². The van der Waals surface area contributed by atoms with E-state index < -0.39 is 68.7 Å². The molecule has 0 saturated heterocycles. The summed E-state index contributed by atoms with van der Waals surface area (Å²) in [4.78, 5) is 53.3. The van der Waals surface area contributed by atoms with E-state index in [1.807, 2.05) is 40.7 Å². The third kappa shape index (κ3) is 5.21.